The van der Waals surface area contributed by atoms with Crippen LogP contribution in [0, 0.1) is 13.8 Å². The fraction of sp³-hybridized carbons (Fsp3) is 0.650. The van der Waals surface area contributed by atoms with E-state index in [4.69, 9.17) is 9.47 Å². The van der Waals surface area contributed by atoms with Crippen LogP contribution in [0.15, 0.2) is 16.6 Å². The number of amides is 1. The van der Waals surface area contributed by atoms with E-state index in [1.807, 2.05) is 25.7 Å². The average molecular weight is 427 g/mol. The standard InChI is InChI=1S/C20H31BrN2O3/c1-14-11-17(12-15(2)18(14)21)25-10-9-22-7-8-23(16(3)13-22)19(24)26-20(4,5)6/h11-12,16H,7-10,13H2,1-6H3/t16-/m0/s1. The first kappa shape index (κ1) is 21.0. The third kappa shape index (κ3) is 5.88. The molecule has 6 heteroatoms. The molecule has 0 N–H and O–H groups in total. The Morgan fingerprint density at radius 3 is 2.38 bits per heavy atom. The zero-order chi connectivity index (χ0) is 19.5. The molecule has 0 unspecified atom stereocenters. The van der Waals surface area contributed by atoms with Gasteiger partial charge in [-0.15, -0.1) is 0 Å². The molecule has 1 aliphatic rings. The number of carbonyl (C=O) groups is 1. The summed E-state index contributed by atoms with van der Waals surface area (Å²) in [5, 5.41) is 0. The molecule has 0 radical (unpaired) electrons. The summed E-state index contributed by atoms with van der Waals surface area (Å²) in [6.45, 7) is 15.7. The highest BCUT2D eigenvalue weighted by Crippen LogP contribution is 2.26. The van der Waals surface area contributed by atoms with Crippen LogP contribution < -0.4 is 4.74 Å². The number of hydrogen-bond donors (Lipinski definition) is 0. The number of ether oxygens (including phenoxy) is 2. The van der Waals surface area contributed by atoms with Crippen LogP contribution in [0.1, 0.15) is 38.8 Å². The molecular weight excluding hydrogens is 396 g/mol. The lowest BCUT2D eigenvalue weighted by Gasteiger charge is -2.40. The lowest BCUT2D eigenvalue weighted by Crippen LogP contribution is -2.55. The number of hydrogen-bond acceptors (Lipinski definition) is 4. The van der Waals surface area contributed by atoms with Gasteiger partial charge >= 0.3 is 6.09 Å². The van der Waals surface area contributed by atoms with Gasteiger partial charge in [-0.2, -0.15) is 0 Å². The summed E-state index contributed by atoms with van der Waals surface area (Å²) in [5.41, 5.74) is 1.90. The molecule has 5 nitrogen and oxygen atoms in total. The van der Waals surface area contributed by atoms with Crippen LogP contribution in [0.25, 0.3) is 0 Å². The van der Waals surface area contributed by atoms with Crippen LogP contribution in [0.4, 0.5) is 4.79 Å². The number of piperazine rings is 1. The van der Waals surface area contributed by atoms with E-state index in [-0.39, 0.29) is 12.1 Å². The van der Waals surface area contributed by atoms with Crippen LogP contribution in [0.2, 0.25) is 0 Å². The Balaban J connectivity index is 1.80. The maximum absolute atomic E-state index is 12.3. The second-order valence-corrected chi connectivity index (χ2v) is 8.84. The fourth-order valence-electron chi connectivity index (χ4n) is 3.11. The van der Waals surface area contributed by atoms with Gasteiger partial charge in [-0.05, 0) is 64.8 Å². The summed E-state index contributed by atoms with van der Waals surface area (Å²) in [4.78, 5) is 16.4. The van der Waals surface area contributed by atoms with E-state index in [0.29, 0.717) is 13.2 Å². The largest absolute Gasteiger partial charge is 0.492 e. The molecular formula is C20H31BrN2O3. The molecule has 2 rings (SSSR count). The van der Waals surface area contributed by atoms with E-state index in [1.54, 1.807) is 0 Å². The highest BCUT2D eigenvalue weighted by Gasteiger charge is 2.30. The van der Waals surface area contributed by atoms with Crippen LogP contribution in [0.5, 0.6) is 5.75 Å². The highest BCUT2D eigenvalue weighted by atomic mass is 79.9. The molecule has 1 amide bonds. The van der Waals surface area contributed by atoms with E-state index in [2.05, 4.69) is 53.7 Å². The number of aryl methyl sites for hydroxylation is 2. The molecule has 146 valence electrons. The van der Waals surface area contributed by atoms with Crippen LogP contribution in [-0.4, -0.2) is 60.3 Å². The molecule has 1 aromatic carbocycles. The molecule has 1 saturated heterocycles. The minimum absolute atomic E-state index is 0.135. The SMILES string of the molecule is Cc1cc(OCCN2CCN(C(=O)OC(C)(C)C)[C@@H](C)C2)cc(C)c1Br. The first-order chi connectivity index (χ1) is 12.1. The van der Waals surface area contributed by atoms with E-state index < -0.39 is 5.60 Å². The number of benzene rings is 1. The summed E-state index contributed by atoms with van der Waals surface area (Å²) in [7, 11) is 0. The van der Waals surface area contributed by atoms with Crippen molar-refractivity contribution in [1.29, 1.82) is 0 Å². The number of nitrogens with zero attached hydrogens (tertiary/aromatic N) is 2. The number of rotatable bonds is 4. The minimum atomic E-state index is -0.456. The van der Waals surface area contributed by atoms with Gasteiger partial charge in [0.2, 0.25) is 0 Å². The van der Waals surface area contributed by atoms with Crippen molar-refractivity contribution in [3.05, 3.63) is 27.7 Å². The second kappa shape index (κ2) is 8.61. The molecule has 1 aromatic rings. The molecule has 1 aliphatic heterocycles. The van der Waals surface area contributed by atoms with Crippen LogP contribution in [-0.2, 0) is 4.74 Å². The molecule has 0 saturated carbocycles. The third-order valence-corrected chi connectivity index (χ3v) is 5.68. The Bertz CT molecular complexity index is 619. The van der Waals surface area contributed by atoms with Crippen molar-refractivity contribution < 1.29 is 14.3 Å². The maximum Gasteiger partial charge on any atom is 0.410 e. The number of halogens is 1. The highest BCUT2D eigenvalue weighted by molar-refractivity contribution is 9.10. The summed E-state index contributed by atoms with van der Waals surface area (Å²) >= 11 is 3.58. The zero-order valence-electron chi connectivity index (χ0n) is 16.8. The Morgan fingerprint density at radius 2 is 1.85 bits per heavy atom. The third-order valence-electron chi connectivity index (χ3n) is 4.43. The van der Waals surface area contributed by atoms with Gasteiger partial charge in [-0.1, -0.05) is 15.9 Å². The predicted octanol–water partition coefficient (Wildman–Crippen LogP) is 4.39. The van der Waals surface area contributed by atoms with Gasteiger partial charge < -0.3 is 14.4 Å². The molecule has 1 atom stereocenters. The van der Waals surface area contributed by atoms with Gasteiger partial charge in [-0.25, -0.2) is 4.79 Å². The molecule has 1 fully saturated rings. The molecule has 0 aliphatic carbocycles. The van der Waals surface area contributed by atoms with E-state index in [9.17, 15) is 4.79 Å². The zero-order valence-corrected chi connectivity index (χ0v) is 18.4. The Labute approximate surface area is 165 Å². The summed E-state index contributed by atoms with van der Waals surface area (Å²) in [5.74, 6) is 0.906. The summed E-state index contributed by atoms with van der Waals surface area (Å²) in [6, 6.07) is 4.25. The van der Waals surface area contributed by atoms with Crippen molar-refractivity contribution in [2.24, 2.45) is 0 Å². The van der Waals surface area contributed by atoms with Crippen LogP contribution >= 0.6 is 15.9 Å². The van der Waals surface area contributed by atoms with Crippen molar-refractivity contribution in [1.82, 2.24) is 9.80 Å². The van der Waals surface area contributed by atoms with Crippen molar-refractivity contribution >= 4 is 22.0 Å². The van der Waals surface area contributed by atoms with E-state index >= 15 is 0 Å². The van der Waals surface area contributed by atoms with Gasteiger partial charge in [0.15, 0.2) is 0 Å². The Kier molecular flexibility index (Phi) is 6.97. The normalized spacial score (nSPS) is 18.7. The van der Waals surface area contributed by atoms with Gasteiger partial charge in [0, 0.05) is 36.7 Å². The lowest BCUT2D eigenvalue weighted by atomic mass is 10.1. The van der Waals surface area contributed by atoms with Gasteiger partial charge in [0.25, 0.3) is 0 Å². The van der Waals surface area contributed by atoms with Crippen LogP contribution in [0.3, 0.4) is 0 Å². The number of carbonyl (C=O) groups excluding carboxylic acids is 1. The molecule has 0 bridgehead atoms. The summed E-state index contributed by atoms with van der Waals surface area (Å²) < 4.78 is 12.6. The van der Waals surface area contributed by atoms with Gasteiger partial charge in [0.1, 0.15) is 18.0 Å². The molecule has 0 aromatic heterocycles. The minimum Gasteiger partial charge on any atom is -0.492 e. The molecule has 0 spiro atoms. The average Bonchev–Trinajstić information content (AvgIpc) is 2.50. The fourth-order valence-corrected chi connectivity index (χ4v) is 3.34. The topological polar surface area (TPSA) is 42.0 Å². The summed E-state index contributed by atoms with van der Waals surface area (Å²) in [6.07, 6.45) is -0.221. The first-order valence-corrected chi connectivity index (χ1v) is 9.97. The van der Waals surface area contributed by atoms with Crippen molar-refractivity contribution in [2.75, 3.05) is 32.8 Å². The van der Waals surface area contributed by atoms with Crippen molar-refractivity contribution in [2.45, 2.75) is 53.2 Å². The van der Waals surface area contributed by atoms with Crippen molar-refractivity contribution in [3.63, 3.8) is 0 Å². The maximum atomic E-state index is 12.3. The molecule has 1 heterocycles. The van der Waals surface area contributed by atoms with Crippen molar-refractivity contribution in [3.8, 4) is 5.75 Å². The second-order valence-electron chi connectivity index (χ2n) is 8.04. The molecule has 26 heavy (non-hydrogen) atoms. The first-order valence-electron chi connectivity index (χ1n) is 9.18. The van der Waals surface area contributed by atoms with E-state index in [1.165, 1.54) is 11.1 Å². The predicted molar refractivity (Wildman–Crippen MR) is 108 cm³/mol. The van der Waals surface area contributed by atoms with Gasteiger partial charge in [0.05, 0.1) is 0 Å². The Morgan fingerprint density at radius 1 is 1.23 bits per heavy atom. The van der Waals surface area contributed by atoms with E-state index in [0.717, 1.165) is 29.9 Å². The van der Waals surface area contributed by atoms with Gasteiger partial charge in [-0.3, -0.25) is 4.90 Å². The smallest absolute Gasteiger partial charge is 0.410 e. The lowest BCUT2D eigenvalue weighted by molar-refractivity contribution is 0.000362. The Hall–Kier alpha value is -1.27. The quantitative estimate of drug-likeness (QED) is 0.715. The monoisotopic (exact) mass is 426 g/mol.